The van der Waals surface area contributed by atoms with Gasteiger partial charge in [0.1, 0.15) is 11.8 Å². The summed E-state index contributed by atoms with van der Waals surface area (Å²) in [5.41, 5.74) is 4.82. The van der Waals surface area contributed by atoms with Crippen molar-refractivity contribution in [2.75, 3.05) is 10.6 Å². The van der Waals surface area contributed by atoms with Crippen molar-refractivity contribution < 1.29 is 9.21 Å². The van der Waals surface area contributed by atoms with Crippen LogP contribution in [0.5, 0.6) is 0 Å². The number of nitrogens with one attached hydrogen (secondary N) is 2. The summed E-state index contributed by atoms with van der Waals surface area (Å²) in [6, 6.07) is 9.75. The van der Waals surface area contributed by atoms with Gasteiger partial charge in [-0.1, -0.05) is 26.0 Å². The Kier molecular flexibility index (Phi) is 3.30. The van der Waals surface area contributed by atoms with Crippen LogP contribution in [0.25, 0.3) is 0 Å². The molecule has 1 unspecified atom stereocenters. The fourth-order valence-corrected chi connectivity index (χ4v) is 3.77. The molecule has 2 aromatic rings. The van der Waals surface area contributed by atoms with E-state index in [0.29, 0.717) is 6.42 Å². The number of ketones is 1. The fourth-order valence-electron chi connectivity index (χ4n) is 3.77. The molecule has 2 aliphatic rings. The molecule has 2 N–H and O–H groups in total. The molecule has 4 nitrogen and oxygen atoms in total. The Morgan fingerprint density at radius 2 is 1.88 bits per heavy atom. The Morgan fingerprint density at radius 1 is 1.12 bits per heavy atom. The van der Waals surface area contributed by atoms with Crippen molar-refractivity contribution >= 4 is 17.2 Å². The zero-order chi connectivity index (χ0) is 16.9. The molecule has 0 spiro atoms. The quantitative estimate of drug-likeness (QED) is 0.791. The molecule has 0 bridgehead atoms. The van der Waals surface area contributed by atoms with Crippen LogP contribution in [0.1, 0.15) is 44.1 Å². The largest absolute Gasteiger partial charge is 0.466 e. The fraction of sp³-hybridized carbons (Fsp3) is 0.350. The standard InChI is InChI=1S/C20H22N2O2/c1-12-8-9-24-19(12)18-17-15(10-20(2,3)11-16(17)23)21-13-6-4-5-7-14(13)22-18/h4-9,18,21-22H,10-11H2,1-3H3. The normalized spacial score (nSPS) is 22.1. The number of hydrogen-bond donors (Lipinski definition) is 2. The molecule has 0 amide bonds. The van der Waals surface area contributed by atoms with Gasteiger partial charge in [0.15, 0.2) is 5.78 Å². The number of rotatable bonds is 1. The summed E-state index contributed by atoms with van der Waals surface area (Å²) < 4.78 is 5.75. The third kappa shape index (κ3) is 2.42. The Hall–Kier alpha value is -2.49. The Bertz CT molecular complexity index is 845. The number of carbonyl (C=O) groups is 1. The van der Waals surface area contributed by atoms with Gasteiger partial charge in [0.05, 0.1) is 17.6 Å². The highest BCUT2D eigenvalue weighted by Crippen LogP contribution is 2.45. The summed E-state index contributed by atoms with van der Waals surface area (Å²) in [4.78, 5) is 13.0. The predicted octanol–water partition coefficient (Wildman–Crippen LogP) is 4.81. The SMILES string of the molecule is Cc1ccoc1C1Nc2ccccc2NC2=C1C(=O)CC(C)(C)C2. The van der Waals surface area contributed by atoms with Gasteiger partial charge < -0.3 is 15.1 Å². The lowest BCUT2D eigenvalue weighted by atomic mass is 9.74. The van der Waals surface area contributed by atoms with Crippen LogP contribution in [-0.4, -0.2) is 5.78 Å². The molecule has 0 saturated carbocycles. The first-order chi connectivity index (χ1) is 11.4. The van der Waals surface area contributed by atoms with Crippen LogP contribution in [-0.2, 0) is 4.79 Å². The number of aryl methyl sites for hydroxylation is 1. The summed E-state index contributed by atoms with van der Waals surface area (Å²) in [6.45, 7) is 6.31. The maximum atomic E-state index is 13.0. The zero-order valence-corrected chi connectivity index (χ0v) is 14.3. The van der Waals surface area contributed by atoms with E-state index >= 15 is 0 Å². The average molecular weight is 322 g/mol. The molecule has 1 atom stereocenters. The molecule has 4 rings (SSSR count). The number of carbonyl (C=O) groups excluding carboxylic acids is 1. The second-order valence-electron chi connectivity index (χ2n) is 7.55. The maximum Gasteiger partial charge on any atom is 0.163 e. The highest BCUT2D eigenvalue weighted by atomic mass is 16.3. The molecule has 2 heterocycles. The van der Waals surface area contributed by atoms with E-state index in [2.05, 4.69) is 24.5 Å². The van der Waals surface area contributed by atoms with E-state index in [0.717, 1.165) is 40.4 Å². The first-order valence-electron chi connectivity index (χ1n) is 8.37. The van der Waals surface area contributed by atoms with Crippen molar-refractivity contribution in [3.8, 4) is 0 Å². The van der Waals surface area contributed by atoms with E-state index in [1.54, 1.807) is 6.26 Å². The van der Waals surface area contributed by atoms with E-state index in [4.69, 9.17) is 4.42 Å². The summed E-state index contributed by atoms with van der Waals surface area (Å²) in [5, 5.41) is 7.04. The zero-order valence-electron chi connectivity index (χ0n) is 14.3. The van der Waals surface area contributed by atoms with Gasteiger partial charge >= 0.3 is 0 Å². The number of allylic oxidation sites excluding steroid dienone is 1. The Labute approximate surface area is 141 Å². The molecule has 124 valence electrons. The van der Waals surface area contributed by atoms with Gasteiger partial charge in [0.25, 0.3) is 0 Å². The van der Waals surface area contributed by atoms with Crippen LogP contribution in [0.15, 0.2) is 52.3 Å². The molecule has 1 aromatic heterocycles. The molecule has 0 saturated heterocycles. The second-order valence-corrected chi connectivity index (χ2v) is 7.55. The Morgan fingerprint density at radius 3 is 2.58 bits per heavy atom. The first-order valence-corrected chi connectivity index (χ1v) is 8.37. The van der Waals surface area contributed by atoms with Gasteiger partial charge in [0.2, 0.25) is 0 Å². The number of benzene rings is 1. The second kappa shape index (κ2) is 5.26. The molecule has 0 radical (unpaired) electrons. The van der Waals surface area contributed by atoms with Gasteiger partial charge in [-0.05, 0) is 42.5 Å². The number of fused-ring (bicyclic) bond motifs is 1. The van der Waals surface area contributed by atoms with Crippen LogP contribution < -0.4 is 10.6 Å². The summed E-state index contributed by atoms with van der Waals surface area (Å²) in [6.07, 6.45) is 3.09. The third-order valence-corrected chi connectivity index (χ3v) is 4.89. The van der Waals surface area contributed by atoms with E-state index in [1.165, 1.54) is 0 Å². The van der Waals surface area contributed by atoms with Crippen LogP contribution >= 0.6 is 0 Å². The summed E-state index contributed by atoms with van der Waals surface area (Å²) >= 11 is 0. The number of hydrogen-bond acceptors (Lipinski definition) is 4. The number of para-hydroxylation sites is 2. The number of anilines is 2. The summed E-state index contributed by atoms with van der Waals surface area (Å²) in [5.74, 6) is 1.00. The van der Waals surface area contributed by atoms with Gasteiger partial charge in [-0.15, -0.1) is 0 Å². The Balaban J connectivity index is 1.90. The monoisotopic (exact) mass is 322 g/mol. The molecule has 1 aliphatic heterocycles. The highest BCUT2D eigenvalue weighted by Gasteiger charge is 2.39. The van der Waals surface area contributed by atoms with Crippen molar-refractivity contribution in [1.29, 1.82) is 0 Å². The van der Waals surface area contributed by atoms with Gasteiger partial charge in [-0.3, -0.25) is 4.79 Å². The van der Waals surface area contributed by atoms with E-state index in [-0.39, 0.29) is 17.2 Å². The molecule has 24 heavy (non-hydrogen) atoms. The van der Waals surface area contributed by atoms with Gasteiger partial charge in [-0.25, -0.2) is 0 Å². The lowest BCUT2D eigenvalue weighted by Gasteiger charge is -2.33. The molecule has 4 heteroatoms. The lowest BCUT2D eigenvalue weighted by Crippen LogP contribution is -2.31. The van der Waals surface area contributed by atoms with E-state index < -0.39 is 0 Å². The van der Waals surface area contributed by atoms with Crippen LogP contribution in [0, 0.1) is 12.3 Å². The van der Waals surface area contributed by atoms with Crippen molar-refractivity contribution in [2.24, 2.45) is 5.41 Å². The van der Waals surface area contributed by atoms with Crippen molar-refractivity contribution in [3.05, 3.63) is 59.2 Å². The van der Waals surface area contributed by atoms with Crippen LogP contribution in [0.4, 0.5) is 11.4 Å². The first kappa shape index (κ1) is 15.1. The van der Waals surface area contributed by atoms with E-state index in [1.807, 2.05) is 37.3 Å². The van der Waals surface area contributed by atoms with Crippen LogP contribution in [0.3, 0.4) is 0 Å². The average Bonchev–Trinajstić information content (AvgIpc) is 2.85. The molecular formula is C20H22N2O2. The van der Waals surface area contributed by atoms with Crippen molar-refractivity contribution in [3.63, 3.8) is 0 Å². The van der Waals surface area contributed by atoms with Crippen molar-refractivity contribution in [2.45, 2.75) is 39.7 Å². The van der Waals surface area contributed by atoms with Gasteiger partial charge in [0, 0.05) is 17.7 Å². The minimum atomic E-state index is -0.255. The predicted molar refractivity (Wildman–Crippen MR) is 94.9 cm³/mol. The molecule has 1 aliphatic carbocycles. The number of Topliss-reactive ketones (excluding diaryl/α,β-unsaturated/α-hetero) is 1. The molecule has 1 aromatic carbocycles. The maximum absolute atomic E-state index is 13.0. The minimum Gasteiger partial charge on any atom is -0.466 e. The topological polar surface area (TPSA) is 54.3 Å². The number of furan rings is 1. The van der Waals surface area contributed by atoms with Crippen molar-refractivity contribution in [1.82, 2.24) is 0 Å². The van der Waals surface area contributed by atoms with E-state index in [9.17, 15) is 4.79 Å². The smallest absolute Gasteiger partial charge is 0.163 e. The molecule has 0 fully saturated rings. The van der Waals surface area contributed by atoms with Gasteiger partial charge in [-0.2, -0.15) is 0 Å². The summed E-state index contributed by atoms with van der Waals surface area (Å²) in [7, 11) is 0. The highest BCUT2D eigenvalue weighted by molar-refractivity contribution is 6.01. The third-order valence-electron chi connectivity index (χ3n) is 4.89. The molecular weight excluding hydrogens is 300 g/mol. The lowest BCUT2D eigenvalue weighted by molar-refractivity contribution is -0.118. The van der Waals surface area contributed by atoms with Crippen LogP contribution in [0.2, 0.25) is 0 Å². The minimum absolute atomic E-state index is 0.0367.